The van der Waals surface area contributed by atoms with Crippen LogP contribution in [-0.2, 0) is 0 Å². The Balaban J connectivity index is 1.34. The zero-order chi connectivity index (χ0) is 20.0. The average molecular weight is 400 g/mol. The van der Waals surface area contributed by atoms with Crippen LogP contribution in [0.3, 0.4) is 0 Å². The van der Waals surface area contributed by atoms with Crippen LogP contribution in [0.25, 0.3) is 22.7 Å². The molecule has 0 radical (unpaired) electrons. The van der Waals surface area contributed by atoms with Gasteiger partial charge in [0.1, 0.15) is 18.1 Å². The fourth-order valence-corrected chi connectivity index (χ4v) is 4.32. The van der Waals surface area contributed by atoms with Crippen molar-refractivity contribution in [2.45, 2.75) is 37.7 Å². The normalized spacial score (nSPS) is 28.4. The summed E-state index contributed by atoms with van der Waals surface area (Å²) in [5, 5.41) is 25.7. The van der Waals surface area contributed by atoms with Gasteiger partial charge in [-0.3, -0.25) is 0 Å². The van der Waals surface area contributed by atoms with E-state index in [1.54, 1.807) is 18.2 Å². The number of phenols is 1. The number of hydrogen-bond donors (Lipinski definition) is 1. The van der Waals surface area contributed by atoms with Crippen molar-refractivity contribution in [3.63, 3.8) is 0 Å². The Hall–Kier alpha value is -3.10. The van der Waals surface area contributed by atoms with Gasteiger partial charge in [-0.15, -0.1) is 20.4 Å². The van der Waals surface area contributed by atoms with Crippen LogP contribution in [0.5, 0.6) is 11.6 Å². The Bertz CT molecular complexity index is 983. The van der Waals surface area contributed by atoms with Gasteiger partial charge in [-0.05, 0) is 55.4 Å². The Labute approximate surface area is 164 Å². The molecule has 0 aliphatic heterocycles. The van der Waals surface area contributed by atoms with E-state index in [4.69, 9.17) is 9.15 Å². The molecule has 1 aromatic carbocycles. The van der Waals surface area contributed by atoms with E-state index in [9.17, 15) is 13.9 Å². The fraction of sp³-hybridized carbons (Fsp3) is 0.400. The number of benzene rings is 1. The number of hydrogen-bond acceptors (Lipinski definition) is 7. The van der Waals surface area contributed by atoms with Gasteiger partial charge in [0, 0.05) is 17.2 Å². The van der Waals surface area contributed by atoms with E-state index in [2.05, 4.69) is 20.4 Å². The predicted molar refractivity (Wildman–Crippen MR) is 97.5 cm³/mol. The molecule has 2 heterocycles. The van der Waals surface area contributed by atoms with E-state index in [1.165, 1.54) is 18.5 Å². The third-order valence-corrected chi connectivity index (χ3v) is 5.82. The molecule has 0 saturated heterocycles. The summed E-state index contributed by atoms with van der Waals surface area (Å²) in [6, 6.07) is 7.92. The highest BCUT2D eigenvalue weighted by atomic mass is 19.1. The lowest BCUT2D eigenvalue weighted by molar-refractivity contribution is -0.0384. The second-order valence-electron chi connectivity index (χ2n) is 7.54. The van der Waals surface area contributed by atoms with Crippen molar-refractivity contribution in [3.05, 3.63) is 36.7 Å². The van der Waals surface area contributed by atoms with Gasteiger partial charge >= 0.3 is 0 Å². The molecule has 29 heavy (non-hydrogen) atoms. The minimum absolute atomic E-state index is 0.0415. The molecule has 1 unspecified atom stereocenters. The molecule has 2 fully saturated rings. The number of phenolic OH excluding ortho intramolecular Hbond substituents is 1. The van der Waals surface area contributed by atoms with Crippen molar-refractivity contribution in [3.8, 4) is 34.3 Å². The van der Waals surface area contributed by atoms with Crippen LogP contribution in [0, 0.1) is 11.8 Å². The van der Waals surface area contributed by atoms with E-state index < -0.39 is 18.4 Å². The SMILES string of the molecule is Oc1cc(-c2nnco2)ccc1-c1ccc(OC2[C@@H](F)[C@@H]3CC[C@@H](C3)[C@H]2F)nn1. The minimum Gasteiger partial charge on any atom is -0.507 e. The van der Waals surface area contributed by atoms with Crippen LogP contribution in [-0.4, -0.2) is 43.9 Å². The highest BCUT2D eigenvalue weighted by Gasteiger charge is 2.50. The largest absolute Gasteiger partial charge is 0.507 e. The number of aromatic hydroxyl groups is 1. The van der Waals surface area contributed by atoms with Crippen molar-refractivity contribution in [1.82, 2.24) is 20.4 Å². The predicted octanol–water partition coefficient (Wildman–Crippen LogP) is 3.75. The highest BCUT2D eigenvalue weighted by molar-refractivity contribution is 5.71. The third kappa shape index (κ3) is 3.20. The molecule has 5 atom stereocenters. The first-order valence-corrected chi connectivity index (χ1v) is 9.48. The van der Waals surface area contributed by atoms with Gasteiger partial charge in [-0.2, -0.15) is 0 Å². The summed E-state index contributed by atoms with van der Waals surface area (Å²) >= 11 is 0. The average Bonchev–Trinajstić information content (AvgIpc) is 3.42. The second kappa shape index (κ2) is 7.06. The van der Waals surface area contributed by atoms with Gasteiger partial charge < -0.3 is 14.3 Å². The number of halogens is 2. The van der Waals surface area contributed by atoms with Crippen LogP contribution in [0.1, 0.15) is 19.3 Å². The maximum absolute atomic E-state index is 14.6. The topological polar surface area (TPSA) is 94.2 Å². The summed E-state index contributed by atoms with van der Waals surface area (Å²) in [6.45, 7) is 0. The van der Waals surface area contributed by atoms with E-state index in [0.29, 0.717) is 36.1 Å². The number of ether oxygens (including phenoxy) is 1. The number of fused-ring (bicyclic) bond motifs is 2. The van der Waals surface area contributed by atoms with Crippen LogP contribution in [0.15, 0.2) is 41.1 Å². The maximum atomic E-state index is 14.6. The fourth-order valence-electron chi connectivity index (χ4n) is 4.32. The number of aromatic nitrogens is 4. The van der Waals surface area contributed by atoms with Crippen molar-refractivity contribution < 1.29 is 23.0 Å². The van der Waals surface area contributed by atoms with Crippen molar-refractivity contribution in [2.24, 2.45) is 11.8 Å². The van der Waals surface area contributed by atoms with Gasteiger partial charge in [0.05, 0.1) is 5.69 Å². The summed E-state index contributed by atoms with van der Waals surface area (Å²) in [4.78, 5) is 0. The van der Waals surface area contributed by atoms with Gasteiger partial charge in [0.15, 0.2) is 6.10 Å². The Morgan fingerprint density at radius 1 is 1.00 bits per heavy atom. The van der Waals surface area contributed by atoms with Crippen LogP contribution >= 0.6 is 0 Å². The molecular formula is C20H18F2N4O3. The molecule has 2 aromatic heterocycles. The van der Waals surface area contributed by atoms with Crippen molar-refractivity contribution in [1.29, 1.82) is 0 Å². The van der Waals surface area contributed by atoms with Crippen molar-refractivity contribution in [2.75, 3.05) is 0 Å². The molecule has 150 valence electrons. The lowest BCUT2D eigenvalue weighted by Gasteiger charge is -2.34. The van der Waals surface area contributed by atoms with Gasteiger partial charge in [-0.25, -0.2) is 8.78 Å². The number of alkyl halides is 2. The molecule has 1 N–H and O–H groups in total. The maximum Gasteiger partial charge on any atom is 0.247 e. The monoisotopic (exact) mass is 400 g/mol. The third-order valence-electron chi connectivity index (χ3n) is 5.82. The Kier molecular flexibility index (Phi) is 4.37. The zero-order valence-electron chi connectivity index (χ0n) is 15.3. The molecule has 2 saturated carbocycles. The summed E-state index contributed by atoms with van der Waals surface area (Å²) in [6.07, 6.45) is -0.634. The molecule has 3 aromatic rings. The molecule has 2 aliphatic carbocycles. The van der Waals surface area contributed by atoms with E-state index in [1.807, 2.05) is 0 Å². The molecule has 2 aliphatic rings. The van der Waals surface area contributed by atoms with E-state index >= 15 is 0 Å². The number of nitrogens with zero attached hydrogens (tertiary/aromatic N) is 4. The molecular weight excluding hydrogens is 382 g/mol. The summed E-state index contributed by atoms with van der Waals surface area (Å²) < 4.78 is 39.8. The summed E-state index contributed by atoms with van der Waals surface area (Å²) in [7, 11) is 0. The lowest BCUT2D eigenvalue weighted by atomic mass is 9.84. The summed E-state index contributed by atoms with van der Waals surface area (Å²) in [5.41, 5.74) is 1.39. The standard InChI is InChI=1S/C20H18F2N4O3/c21-17-10-1-2-11(7-10)18(22)19(17)29-16-6-5-14(24-25-16)13-4-3-12(8-15(13)27)20-26-23-9-28-20/h3-6,8-11,17-19,27H,1-2,7H2/t10-,11+,17+,18-,19?. The zero-order valence-corrected chi connectivity index (χ0v) is 15.3. The smallest absolute Gasteiger partial charge is 0.247 e. The van der Waals surface area contributed by atoms with E-state index in [0.717, 1.165) is 0 Å². The minimum atomic E-state index is -1.34. The molecule has 2 bridgehead atoms. The molecule has 7 nitrogen and oxygen atoms in total. The van der Waals surface area contributed by atoms with Crippen LogP contribution < -0.4 is 4.74 Å². The van der Waals surface area contributed by atoms with Crippen LogP contribution in [0.4, 0.5) is 8.78 Å². The molecule has 0 amide bonds. The van der Waals surface area contributed by atoms with Crippen molar-refractivity contribution >= 4 is 0 Å². The van der Waals surface area contributed by atoms with Crippen LogP contribution in [0.2, 0.25) is 0 Å². The molecule has 5 rings (SSSR count). The van der Waals surface area contributed by atoms with Gasteiger partial charge in [0.2, 0.25) is 18.2 Å². The second-order valence-corrected chi connectivity index (χ2v) is 7.54. The van der Waals surface area contributed by atoms with Gasteiger partial charge in [-0.1, -0.05) is 0 Å². The first-order valence-electron chi connectivity index (χ1n) is 9.48. The first kappa shape index (κ1) is 18.0. The first-order chi connectivity index (χ1) is 14.1. The quantitative estimate of drug-likeness (QED) is 0.713. The summed E-state index contributed by atoms with van der Waals surface area (Å²) in [5.74, 6) is 0.0225. The highest BCUT2D eigenvalue weighted by Crippen LogP contribution is 2.46. The lowest BCUT2D eigenvalue weighted by Crippen LogP contribution is -2.47. The number of rotatable bonds is 4. The Morgan fingerprint density at radius 2 is 1.79 bits per heavy atom. The molecule has 9 heteroatoms. The Morgan fingerprint density at radius 3 is 2.41 bits per heavy atom. The van der Waals surface area contributed by atoms with Gasteiger partial charge in [0.25, 0.3) is 0 Å². The van der Waals surface area contributed by atoms with E-state index in [-0.39, 0.29) is 29.4 Å². The molecule has 0 spiro atoms.